The normalized spacial score (nSPS) is 10.2. The number of aromatic hydroxyl groups is 13. The Kier molecular flexibility index (Phi) is 24.9. The van der Waals surface area contributed by atoms with Gasteiger partial charge in [-0.15, -0.1) is 0 Å². The summed E-state index contributed by atoms with van der Waals surface area (Å²) in [7, 11) is 0. The summed E-state index contributed by atoms with van der Waals surface area (Å²) in [6.45, 7) is 3.97. The molecule has 13 aromatic carbocycles. The van der Waals surface area contributed by atoms with Gasteiger partial charge in [0.2, 0.25) is 0 Å². The maximum atomic E-state index is 12.6. The average molecular weight is 1350 g/mol. The smallest absolute Gasteiger partial charge is 0.200 e. The Balaban J connectivity index is 0.000000160. The molecule has 0 fully saturated rings. The molecule has 0 aliphatic heterocycles. The highest BCUT2D eigenvalue weighted by Crippen LogP contribution is 2.34. The van der Waals surface area contributed by atoms with Gasteiger partial charge in [-0.05, 0) is 254 Å². The third-order valence-electron chi connectivity index (χ3n) is 15.1. The lowest BCUT2D eigenvalue weighted by Crippen LogP contribution is -2.02. The molecule has 0 radical (unpaired) electrons. The predicted octanol–water partition coefficient (Wildman–Crippen LogP) is 16.8. The molecule has 0 spiro atoms. The van der Waals surface area contributed by atoms with E-state index in [1.54, 1.807) is 170 Å². The summed E-state index contributed by atoms with van der Waals surface area (Å²) in [5.74, 6) is 0.0533. The fourth-order valence-corrected chi connectivity index (χ4v) is 9.49. The molecule has 0 saturated heterocycles. The van der Waals surface area contributed by atoms with Gasteiger partial charge in [-0.2, -0.15) is 0 Å². The van der Waals surface area contributed by atoms with Crippen molar-refractivity contribution in [2.45, 2.75) is 13.8 Å². The van der Waals surface area contributed by atoms with E-state index >= 15 is 0 Å². The highest BCUT2D eigenvalue weighted by atomic mass is 16.3. The number of para-hydroxylation sites is 1. The molecule has 0 bridgehead atoms. The quantitative estimate of drug-likeness (QED) is 0.0535. The Morgan fingerprint density at radius 3 is 0.782 bits per heavy atom. The maximum Gasteiger partial charge on any atom is 0.200 e. The van der Waals surface area contributed by atoms with Crippen LogP contribution in [0.15, 0.2) is 297 Å². The van der Waals surface area contributed by atoms with Gasteiger partial charge >= 0.3 is 0 Å². The first-order valence-electron chi connectivity index (χ1n) is 30.9. The van der Waals surface area contributed by atoms with Crippen molar-refractivity contribution in [1.29, 1.82) is 0 Å². The van der Waals surface area contributed by atoms with Crippen LogP contribution >= 0.6 is 0 Å². The third kappa shape index (κ3) is 21.0. The molecule has 17 heteroatoms. The summed E-state index contributed by atoms with van der Waals surface area (Å²) < 4.78 is 0. The lowest BCUT2D eigenvalue weighted by atomic mass is 9.97. The highest BCUT2D eigenvalue weighted by molar-refractivity contribution is 6.13. The fraction of sp³-hybridized carbons (Fsp3) is 0.0238. The lowest BCUT2D eigenvalue weighted by molar-refractivity contribution is 0.102. The molecule has 0 unspecified atom stereocenters. The van der Waals surface area contributed by atoms with Crippen LogP contribution in [0, 0.1) is 13.8 Å². The van der Waals surface area contributed by atoms with Crippen molar-refractivity contribution < 1.29 is 85.6 Å². The van der Waals surface area contributed by atoms with E-state index in [0.717, 1.165) is 22.3 Å². The summed E-state index contributed by atoms with van der Waals surface area (Å²) in [5.41, 5.74) is 9.32. The number of hydrogen-bond acceptors (Lipinski definition) is 17. The van der Waals surface area contributed by atoms with Crippen LogP contribution < -0.4 is 0 Å². The maximum absolute atomic E-state index is 12.6. The second-order valence-corrected chi connectivity index (χ2v) is 22.5. The molecule has 506 valence electrons. The molecule has 13 aromatic rings. The van der Waals surface area contributed by atoms with Crippen molar-refractivity contribution in [2.24, 2.45) is 0 Å². The Morgan fingerprint density at radius 1 is 0.198 bits per heavy atom. The van der Waals surface area contributed by atoms with Gasteiger partial charge in [0, 0.05) is 33.4 Å². The molecule has 0 amide bonds. The standard InChI is InChI=1S/3C19H14O4.C13H10O3.2C7H8O/c20-15-6-1-12(2-7-15)17-11-14(5-10-18(17)22)19(23)13-3-8-16(21)9-4-13;20-15-6-1-12(2-7-15)14-5-10-18(22)17(11-14)19(23)13-3-8-16(21)9-4-13;20-14-8-5-12(6-9-14)13-7-10-18(22)16(11-13)19(23)15-3-1-2-4-17(15)21;14-11-5-1-9(2-6-11)13(16)10-3-7-12(15)8-4-10;2*1-6-2-4-7(8)5-3-6/h3*1-11,20-22H;1-8,14-15H;2*2-5,8H,1H3. The van der Waals surface area contributed by atoms with Crippen molar-refractivity contribution in [3.8, 4) is 108 Å². The number of carbonyl (C=O) groups is 4. The zero-order valence-electron chi connectivity index (χ0n) is 54.2. The van der Waals surface area contributed by atoms with Gasteiger partial charge in [-0.1, -0.05) is 96.1 Å². The topological polar surface area (TPSA) is 331 Å². The average Bonchev–Trinajstić information content (AvgIpc) is 0.934. The summed E-state index contributed by atoms with van der Waals surface area (Å²) in [4.78, 5) is 49.5. The second-order valence-electron chi connectivity index (χ2n) is 22.5. The second kappa shape index (κ2) is 34.6. The summed E-state index contributed by atoms with van der Waals surface area (Å²) >= 11 is 0. The number of aryl methyl sites for hydroxylation is 2. The summed E-state index contributed by atoms with van der Waals surface area (Å²) in [6, 6.07) is 77.9. The Hall–Kier alpha value is -14.1. The van der Waals surface area contributed by atoms with E-state index in [-0.39, 0.29) is 97.3 Å². The minimum absolute atomic E-state index is 0.0537. The van der Waals surface area contributed by atoms with Crippen LogP contribution in [0.25, 0.3) is 33.4 Å². The van der Waals surface area contributed by atoms with Crippen molar-refractivity contribution in [3.05, 3.63) is 353 Å². The van der Waals surface area contributed by atoms with Crippen LogP contribution in [0.4, 0.5) is 0 Å². The van der Waals surface area contributed by atoms with Crippen LogP contribution in [0.1, 0.15) is 74.8 Å². The van der Waals surface area contributed by atoms with E-state index < -0.39 is 5.78 Å². The van der Waals surface area contributed by atoms with Gasteiger partial charge in [0.15, 0.2) is 23.1 Å². The number of benzene rings is 13. The zero-order valence-corrected chi connectivity index (χ0v) is 54.2. The molecule has 17 nitrogen and oxygen atoms in total. The lowest BCUT2D eigenvalue weighted by Gasteiger charge is -2.09. The van der Waals surface area contributed by atoms with E-state index in [0.29, 0.717) is 50.4 Å². The monoisotopic (exact) mass is 1350 g/mol. The van der Waals surface area contributed by atoms with Gasteiger partial charge in [0.1, 0.15) is 74.7 Å². The van der Waals surface area contributed by atoms with Crippen molar-refractivity contribution in [2.75, 3.05) is 0 Å². The number of rotatable bonds is 11. The summed E-state index contributed by atoms with van der Waals surface area (Å²) in [6.07, 6.45) is 0. The van der Waals surface area contributed by atoms with Gasteiger partial charge < -0.3 is 66.4 Å². The Bertz CT molecular complexity index is 4790. The minimum Gasteiger partial charge on any atom is -0.508 e. The van der Waals surface area contributed by atoms with Crippen molar-refractivity contribution in [1.82, 2.24) is 0 Å². The first kappa shape index (κ1) is 72.8. The largest absolute Gasteiger partial charge is 0.508 e. The van der Waals surface area contributed by atoms with E-state index in [9.17, 15) is 65.1 Å². The van der Waals surface area contributed by atoms with E-state index in [1.807, 2.05) is 38.1 Å². The van der Waals surface area contributed by atoms with Crippen molar-refractivity contribution in [3.63, 3.8) is 0 Å². The van der Waals surface area contributed by atoms with Crippen LogP contribution in [-0.4, -0.2) is 89.5 Å². The first-order chi connectivity index (χ1) is 48.4. The number of carbonyl (C=O) groups excluding carboxylic acids is 4. The molecule has 0 saturated carbocycles. The van der Waals surface area contributed by atoms with Gasteiger partial charge in [0.05, 0.1) is 16.7 Å². The molecule has 13 rings (SSSR count). The number of ketones is 4. The van der Waals surface area contributed by atoms with Crippen LogP contribution in [0.2, 0.25) is 0 Å². The SMILES string of the molecule is Cc1ccc(O)cc1.Cc1ccc(O)cc1.O=C(c1ccc(O)cc1)c1cc(-c2ccc(O)cc2)ccc1O.O=C(c1ccc(O)cc1)c1ccc(O)c(-c2ccc(O)cc2)c1.O=C(c1ccc(O)cc1)c1ccc(O)cc1.O=C(c1ccccc1O)c1cc(-c2ccc(O)cc2)ccc1O. The minimum atomic E-state index is -0.457. The molecule has 0 aliphatic carbocycles. The van der Waals surface area contributed by atoms with Crippen LogP contribution in [0.5, 0.6) is 74.7 Å². The fourth-order valence-electron chi connectivity index (χ4n) is 9.49. The highest BCUT2D eigenvalue weighted by Gasteiger charge is 2.19. The molecular weight excluding hydrogens is 1280 g/mol. The molecular formula is C84H68O17. The van der Waals surface area contributed by atoms with Crippen LogP contribution in [-0.2, 0) is 0 Å². The molecule has 0 aromatic heterocycles. The number of phenols is 13. The number of hydrogen-bond donors (Lipinski definition) is 13. The van der Waals surface area contributed by atoms with Crippen molar-refractivity contribution >= 4 is 23.1 Å². The van der Waals surface area contributed by atoms with Gasteiger partial charge in [0.25, 0.3) is 0 Å². The molecule has 13 N–H and O–H groups in total. The Morgan fingerprint density at radius 2 is 0.446 bits per heavy atom. The number of phenolic OH excluding ortho intramolecular Hbond substituents is 13. The van der Waals surface area contributed by atoms with E-state index in [1.165, 1.54) is 114 Å². The molecule has 0 atom stereocenters. The summed E-state index contributed by atoms with van der Waals surface area (Å²) in [5, 5.41) is 122. The zero-order chi connectivity index (χ0) is 72.7. The van der Waals surface area contributed by atoms with Gasteiger partial charge in [-0.25, -0.2) is 0 Å². The molecule has 0 aliphatic rings. The van der Waals surface area contributed by atoms with E-state index in [2.05, 4.69) is 0 Å². The molecule has 101 heavy (non-hydrogen) atoms. The predicted molar refractivity (Wildman–Crippen MR) is 386 cm³/mol. The molecule has 0 heterocycles. The van der Waals surface area contributed by atoms with E-state index in [4.69, 9.17) is 20.4 Å². The van der Waals surface area contributed by atoms with Gasteiger partial charge in [-0.3, -0.25) is 19.2 Å². The third-order valence-corrected chi connectivity index (χ3v) is 15.1. The first-order valence-corrected chi connectivity index (χ1v) is 30.9. The Labute approximate surface area is 580 Å². The van der Waals surface area contributed by atoms with Crippen LogP contribution in [0.3, 0.4) is 0 Å².